The summed E-state index contributed by atoms with van der Waals surface area (Å²) in [6.45, 7) is 0. The monoisotopic (exact) mass is 281 g/mol. The number of fused-ring (bicyclic) bond motifs is 1. The SMILES string of the molecule is N#C[Se]c1cc2ccccc2cc1CCl. The van der Waals surface area contributed by atoms with Gasteiger partial charge in [-0.25, -0.2) is 0 Å². The molecule has 0 heterocycles. The van der Waals surface area contributed by atoms with Crippen molar-refractivity contribution < 1.29 is 0 Å². The molecule has 2 aromatic rings. The Morgan fingerprint density at radius 1 is 1.20 bits per heavy atom. The summed E-state index contributed by atoms with van der Waals surface area (Å²) in [6.07, 6.45) is 0. The molecule has 0 aliphatic heterocycles. The van der Waals surface area contributed by atoms with E-state index in [1.807, 2.05) is 12.1 Å². The molecule has 0 bridgehead atoms. The van der Waals surface area contributed by atoms with Gasteiger partial charge in [0.2, 0.25) is 0 Å². The Balaban J connectivity index is 2.64. The van der Waals surface area contributed by atoms with Gasteiger partial charge >= 0.3 is 99.9 Å². The maximum absolute atomic E-state index is 8.75. The third kappa shape index (κ3) is 2.16. The number of hydrogen-bond acceptors (Lipinski definition) is 1. The molecular formula is C12H8ClNSe. The first-order chi connectivity index (χ1) is 7.35. The molecule has 0 aliphatic carbocycles. The van der Waals surface area contributed by atoms with E-state index >= 15 is 0 Å². The molecule has 0 amide bonds. The average molecular weight is 281 g/mol. The molecule has 0 fully saturated rings. The molecule has 0 aliphatic rings. The van der Waals surface area contributed by atoms with Crippen molar-refractivity contribution in [3.05, 3.63) is 42.0 Å². The van der Waals surface area contributed by atoms with Crippen LogP contribution >= 0.6 is 11.6 Å². The molecule has 15 heavy (non-hydrogen) atoms. The molecule has 0 saturated heterocycles. The third-order valence-corrected chi connectivity index (χ3v) is 3.97. The fourth-order valence-corrected chi connectivity index (χ4v) is 3.06. The quantitative estimate of drug-likeness (QED) is 0.612. The number of rotatable bonds is 2. The molecule has 1 nitrogen and oxygen atoms in total. The Morgan fingerprint density at radius 2 is 1.87 bits per heavy atom. The summed E-state index contributed by atoms with van der Waals surface area (Å²) >= 11 is 5.74. The number of nitrogens with zero attached hydrogens (tertiary/aromatic N) is 1. The second kappa shape index (κ2) is 4.68. The van der Waals surface area contributed by atoms with E-state index < -0.39 is 0 Å². The van der Waals surface area contributed by atoms with Crippen molar-refractivity contribution in [1.29, 1.82) is 5.26 Å². The molecule has 0 radical (unpaired) electrons. The summed E-state index contributed by atoms with van der Waals surface area (Å²) in [6, 6.07) is 12.3. The van der Waals surface area contributed by atoms with E-state index in [4.69, 9.17) is 16.9 Å². The zero-order chi connectivity index (χ0) is 10.7. The van der Waals surface area contributed by atoms with E-state index in [1.54, 1.807) is 0 Å². The molecule has 0 atom stereocenters. The first-order valence-corrected chi connectivity index (χ1v) is 6.73. The number of halogens is 1. The van der Waals surface area contributed by atoms with Gasteiger partial charge in [-0.1, -0.05) is 0 Å². The van der Waals surface area contributed by atoms with Crippen molar-refractivity contribution in [3.63, 3.8) is 0 Å². The normalized spacial score (nSPS) is 10.1. The molecule has 2 aromatic carbocycles. The van der Waals surface area contributed by atoms with Crippen LogP contribution in [0.5, 0.6) is 0 Å². The first kappa shape index (κ1) is 10.5. The molecule has 0 N–H and O–H groups in total. The molecule has 3 heteroatoms. The second-order valence-corrected chi connectivity index (χ2v) is 5.14. The van der Waals surface area contributed by atoms with Crippen LogP contribution in [0, 0.1) is 10.2 Å². The van der Waals surface area contributed by atoms with Crippen LogP contribution < -0.4 is 4.46 Å². The van der Waals surface area contributed by atoms with Crippen molar-refractivity contribution in [2.24, 2.45) is 0 Å². The van der Waals surface area contributed by atoms with E-state index in [0.29, 0.717) is 5.88 Å². The maximum atomic E-state index is 8.75. The zero-order valence-electron chi connectivity index (χ0n) is 7.90. The van der Waals surface area contributed by atoms with Gasteiger partial charge in [-0.05, 0) is 0 Å². The summed E-state index contributed by atoms with van der Waals surface area (Å²) < 4.78 is 1.10. The van der Waals surface area contributed by atoms with Gasteiger partial charge in [0, 0.05) is 0 Å². The van der Waals surface area contributed by atoms with Crippen LogP contribution in [0.3, 0.4) is 0 Å². The topological polar surface area (TPSA) is 23.8 Å². The van der Waals surface area contributed by atoms with Gasteiger partial charge in [0.05, 0.1) is 0 Å². The van der Waals surface area contributed by atoms with Crippen LogP contribution in [0.2, 0.25) is 0 Å². The van der Waals surface area contributed by atoms with Crippen LogP contribution in [0.25, 0.3) is 10.8 Å². The van der Waals surface area contributed by atoms with Crippen LogP contribution in [0.15, 0.2) is 36.4 Å². The number of hydrogen-bond donors (Lipinski definition) is 0. The summed E-state index contributed by atoms with van der Waals surface area (Å²) in [4.78, 5) is 2.23. The van der Waals surface area contributed by atoms with Crippen LogP contribution in [-0.2, 0) is 5.88 Å². The summed E-state index contributed by atoms with van der Waals surface area (Å²) in [5.41, 5.74) is 1.08. The zero-order valence-corrected chi connectivity index (χ0v) is 10.4. The van der Waals surface area contributed by atoms with Gasteiger partial charge < -0.3 is 0 Å². The van der Waals surface area contributed by atoms with Crippen molar-refractivity contribution in [1.82, 2.24) is 0 Å². The number of alkyl halides is 1. The van der Waals surface area contributed by atoms with Gasteiger partial charge in [-0.3, -0.25) is 0 Å². The minimum atomic E-state index is -0.131. The molecule has 0 aromatic heterocycles. The fraction of sp³-hybridized carbons (Fsp3) is 0.0833. The minimum absolute atomic E-state index is 0.131. The first-order valence-electron chi connectivity index (χ1n) is 4.48. The van der Waals surface area contributed by atoms with Gasteiger partial charge in [-0.2, -0.15) is 0 Å². The Hall–Kier alpha value is -1.00. The van der Waals surface area contributed by atoms with Crippen molar-refractivity contribution in [2.45, 2.75) is 5.88 Å². The van der Waals surface area contributed by atoms with E-state index in [9.17, 15) is 0 Å². The second-order valence-electron chi connectivity index (χ2n) is 3.13. The number of benzene rings is 2. The molecule has 74 valence electrons. The number of nitriles is 1. The molecule has 0 spiro atoms. The van der Waals surface area contributed by atoms with E-state index in [0.717, 1.165) is 10.0 Å². The molecule has 0 saturated carbocycles. The van der Waals surface area contributed by atoms with Crippen LogP contribution in [0.1, 0.15) is 5.56 Å². The predicted molar refractivity (Wildman–Crippen MR) is 64.5 cm³/mol. The third-order valence-electron chi connectivity index (χ3n) is 2.23. The summed E-state index contributed by atoms with van der Waals surface area (Å²) in [5, 5.41) is 11.1. The van der Waals surface area contributed by atoms with Crippen molar-refractivity contribution in [2.75, 3.05) is 0 Å². The van der Waals surface area contributed by atoms with Gasteiger partial charge in [0.15, 0.2) is 0 Å². The molecular weight excluding hydrogens is 273 g/mol. The van der Waals surface area contributed by atoms with Crippen molar-refractivity contribution in [3.8, 4) is 4.97 Å². The van der Waals surface area contributed by atoms with E-state index in [1.165, 1.54) is 10.8 Å². The van der Waals surface area contributed by atoms with E-state index in [2.05, 4.69) is 29.2 Å². The van der Waals surface area contributed by atoms with Crippen LogP contribution in [-0.4, -0.2) is 15.0 Å². The van der Waals surface area contributed by atoms with Gasteiger partial charge in [-0.15, -0.1) is 0 Å². The van der Waals surface area contributed by atoms with Gasteiger partial charge in [0.25, 0.3) is 0 Å². The Kier molecular flexibility index (Phi) is 3.28. The molecule has 0 unspecified atom stereocenters. The van der Waals surface area contributed by atoms with E-state index in [-0.39, 0.29) is 15.0 Å². The Bertz CT molecular complexity index is 531. The average Bonchev–Trinajstić information content (AvgIpc) is 2.28. The fourth-order valence-electron chi connectivity index (χ4n) is 1.52. The Morgan fingerprint density at radius 3 is 2.47 bits per heavy atom. The van der Waals surface area contributed by atoms with Crippen LogP contribution in [0.4, 0.5) is 0 Å². The van der Waals surface area contributed by atoms with Gasteiger partial charge in [0.1, 0.15) is 0 Å². The predicted octanol–water partition coefficient (Wildman–Crippen LogP) is 2.39. The summed E-state index contributed by atoms with van der Waals surface area (Å²) in [7, 11) is 0. The summed E-state index contributed by atoms with van der Waals surface area (Å²) in [5.74, 6) is 0.476. The standard InChI is InChI=1S/C12H8ClNSe/c13-7-11-5-9-3-1-2-4-10(9)6-12(11)15-8-14/h1-6H,7H2. The van der Waals surface area contributed by atoms with Crippen molar-refractivity contribution >= 4 is 41.8 Å². The Labute approximate surface area is 99.8 Å². The molecule has 2 rings (SSSR count).